The number of hydrogen-bond donors (Lipinski definition) is 2. The van der Waals surface area contributed by atoms with Crippen LogP contribution in [0.2, 0.25) is 0 Å². The molecule has 0 heterocycles. The minimum absolute atomic E-state index is 0.123. The maximum atomic E-state index is 10.4. The molecule has 0 bridgehead atoms. The highest BCUT2D eigenvalue weighted by molar-refractivity contribution is 5.47. The standard InChI is InChI=1S/C16H26N2O/c1-3-15(17)13-6-8-14(9-7-13)18(2)12-16(19)10-4-5-11-16/h6-9,15,19H,3-5,10-12,17H2,1-2H3. The molecule has 1 aromatic carbocycles. The van der Waals surface area contributed by atoms with Crippen LogP contribution in [0, 0.1) is 0 Å². The van der Waals surface area contributed by atoms with Gasteiger partial charge in [-0.1, -0.05) is 31.9 Å². The quantitative estimate of drug-likeness (QED) is 0.858. The lowest BCUT2D eigenvalue weighted by Gasteiger charge is -2.30. The third-order valence-electron chi connectivity index (χ3n) is 4.27. The van der Waals surface area contributed by atoms with E-state index < -0.39 is 5.60 Å². The molecule has 2 rings (SSSR count). The third-order valence-corrected chi connectivity index (χ3v) is 4.27. The lowest BCUT2D eigenvalue weighted by molar-refractivity contribution is 0.0559. The predicted molar refractivity (Wildman–Crippen MR) is 80.3 cm³/mol. The fraction of sp³-hybridized carbons (Fsp3) is 0.625. The van der Waals surface area contributed by atoms with Crippen molar-refractivity contribution in [2.75, 3.05) is 18.5 Å². The summed E-state index contributed by atoms with van der Waals surface area (Å²) >= 11 is 0. The first-order chi connectivity index (χ1) is 9.04. The van der Waals surface area contributed by atoms with Crippen LogP contribution in [-0.2, 0) is 0 Å². The summed E-state index contributed by atoms with van der Waals surface area (Å²) in [6.45, 7) is 2.81. The number of aliphatic hydroxyl groups is 1. The smallest absolute Gasteiger partial charge is 0.0821 e. The van der Waals surface area contributed by atoms with Gasteiger partial charge in [0.05, 0.1) is 5.60 Å². The number of benzene rings is 1. The van der Waals surface area contributed by atoms with Gasteiger partial charge in [0.25, 0.3) is 0 Å². The lowest BCUT2D eigenvalue weighted by Crippen LogP contribution is -2.39. The van der Waals surface area contributed by atoms with Crippen LogP contribution in [0.1, 0.15) is 50.6 Å². The van der Waals surface area contributed by atoms with E-state index in [1.165, 1.54) is 5.56 Å². The Hall–Kier alpha value is -1.06. The monoisotopic (exact) mass is 262 g/mol. The SMILES string of the molecule is CCC(N)c1ccc(N(C)CC2(O)CCCC2)cc1. The summed E-state index contributed by atoms with van der Waals surface area (Å²) < 4.78 is 0. The molecule has 0 spiro atoms. The Bertz CT molecular complexity index is 396. The maximum absolute atomic E-state index is 10.4. The number of hydrogen-bond acceptors (Lipinski definition) is 3. The summed E-state index contributed by atoms with van der Waals surface area (Å²) in [6.07, 6.45) is 5.10. The number of rotatable bonds is 5. The van der Waals surface area contributed by atoms with E-state index in [9.17, 15) is 5.11 Å². The average Bonchev–Trinajstić information content (AvgIpc) is 2.84. The van der Waals surface area contributed by atoms with Crippen LogP contribution in [0.3, 0.4) is 0 Å². The van der Waals surface area contributed by atoms with Crippen LogP contribution in [0.4, 0.5) is 5.69 Å². The van der Waals surface area contributed by atoms with Gasteiger partial charge in [0.1, 0.15) is 0 Å². The first kappa shape index (κ1) is 14.4. The van der Waals surface area contributed by atoms with Gasteiger partial charge >= 0.3 is 0 Å². The average molecular weight is 262 g/mol. The molecule has 1 saturated carbocycles. The molecular weight excluding hydrogens is 236 g/mol. The molecule has 1 atom stereocenters. The Kier molecular flexibility index (Phi) is 4.48. The molecule has 0 aliphatic heterocycles. The van der Waals surface area contributed by atoms with E-state index >= 15 is 0 Å². The fourth-order valence-electron chi connectivity index (χ4n) is 2.94. The molecule has 1 fully saturated rings. The Morgan fingerprint density at radius 2 is 1.84 bits per heavy atom. The van der Waals surface area contributed by atoms with E-state index in [0.717, 1.165) is 37.8 Å². The van der Waals surface area contributed by atoms with E-state index in [0.29, 0.717) is 6.54 Å². The summed E-state index contributed by atoms with van der Waals surface area (Å²) in [6, 6.07) is 8.52. The Morgan fingerprint density at radius 1 is 1.26 bits per heavy atom. The van der Waals surface area contributed by atoms with Gasteiger partial charge in [-0.05, 0) is 37.0 Å². The van der Waals surface area contributed by atoms with E-state index in [4.69, 9.17) is 5.73 Å². The predicted octanol–water partition coefficient (Wildman–Crippen LogP) is 2.84. The molecule has 1 aliphatic carbocycles. The normalized spacial score (nSPS) is 19.4. The van der Waals surface area contributed by atoms with Crippen molar-refractivity contribution in [2.45, 2.75) is 50.7 Å². The summed E-state index contributed by atoms with van der Waals surface area (Å²) in [4.78, 5) is 2.15. The summed E-state index contributed by atoms with van der Waals surface area (Å²) in [5.74, 6) is 0. The first-order valence-corrected chi connectivity index (χ1v) is 7.33. The molecule has 106 valence electrons. The minimum atomic E-state index is -0.493. The van der Waals surface area contributed by atoms with Crippen LogP contribution in [0.5, 0.6) is 0 Å². The topological polar surface area (TPSA) is 49.5 Å². The molecule has 1 aromatic rings. The molecule has 3 N–H and O–H groups in total. The summed E-state index contributed by atoms with van der Waals surface area (Å²) in [7, 11) is 2.05. The maximum Gasteiger partial charge on any atom is 0.0821 e. The van der Waals surface area contributed by atoms with Crippen LogP contribution >= 0.6 is 0 Å². The highest BCUT2D eigenvalue weighted by Crippen LogP contribution is 2.31. The van der Waals surface area contributed by atoms with Crippen LogP contribution < -0.4 is 10.6 Å². The van der Waals surface area contributed by atoms with Gasteiger partial charge in [-0.2, -0.15) is 0 Å². The zero-order chi connectivity index (χ0) is 13.9. The minimum Gasteiger partial charge on any atom is -0.388 e. The zero-order valence-corrected chi connectivity index (χ0v) is 12.1. The second-order valence-electron chi connectivity index (χ2n) is 5.89. The van der Waals surface area contributed by atoms with Crippen molar-refractivity contribution < 1.29 is 5.11 Å². The molecule has 3 heteroatoms. The van der Waals surface area contributed by atoms with Crippen molar-refractivity contribution in [3.8, 4) is 0 Å². The van der Waals surface area contributed by atoms with E-state index in [2.05, 4.69) is 36.1 Å². The fourth-order valence-corrected chi connectivity index (χ4v) is 2.94. The van der Waals surface area contributed by atoms with Gasteiger partial charge in [-0.15, -0.1) is 0 Å². The van der Waals surface area contributed by atoms with Crippen LogP contribution in [-0.4, -0.2) is 24.3 Å². The summed E-state index contributed by atoms with van der Waals surface area (Å²) in [5.41, 5.74) is 7.85. The number of nitrogens with two attached hydrogens (primary N) is 1. The van der Waals surface area contributed by atoms with Crippen molar-refractivity contribution in [1.82, 2.24) is 0 Å². The number of likely N-dealkylation sites (N-methyl/N-ethyl adjacent to an activating group) is 1. The molecule has 0 amide bonds. The van der Waals surface area contributed by atoms with Crippen LogP contribution in [0.25, 0.3) is 0 Å². The third kappa shape index (κ3) is 3.48. The van der Waals surface area contributed by atoms with Gasteiger partial charge in [0.15, 0.2) is 0 Å². The van der Waals surface area contributed by atoms with E-state index in [1.807, 2.05) is 7.05 Å². The Labute approximate surface area is 116 Å². The van der Waals surface area contributed by atoms with Crippen molar-refractivity contribution in [2.24, 2.45) is 5.73 Å². The molecule has 0 aromatic heterocycles. The first-order valence-electron chi connectivity index (χ1n) is 7.33. The lowest BCUT2D eigenvalue weighted by atomic mass is 10.0. The van der Waals surface area contributed by atoms with Crippen LogP contribution in [0.15, 0.2) is 24.3 Å². The highest BCUT2D eigenvalue weighted by atomic mass is 16.3. The molecule has 0 saturated heterocycles. The van der Waals surface area contributed by atoms with Crippen molar-refractivity contribution in [3.05, 3.63) is 29.8 Å². The Morgan fingerprint density at radius 3 is 2.37 bits per heavy atom. The second kappa shape index (κ2) is 5.93. The molecule has 3 nitrogen and oxygen atoms in total. The molecular formula is C16H26N2O. The van der Waals surface area contributed by atoms with Gasteiger partial charge in [0.2, 0.25) is 0 Å². The van der Waals surface area contributed by atoms with Gasteiger partial charge < -0.3 is 15.7 Å². The zero-order valence-electron chi connectivity index (χ0n) is 12.1. The second-order valence-corrected chi connectivity index (χ2v) is 5.89. The number of anilines is 1. The van der Waals surface area contributed by atoms with Gasteiger partial charge in [-0.3, -0.25) is 0 Å². The van der Waals surface area contributed by atoms with E-state index in [-0.39, 0.29) is 6.04 Å². The number of nitrogens with zero attached hydrogens (tertiary/aromatic N) is 1. The van der Waals surface area contributed by atoms with Gasteiger partial charge in [0, 0.05) is 25.3 Å². The highest BCUT2D eigenvalue weighted by Gasteiger charge is 2.32. The van der Waals surface area contributed by atoms with E-state index in [1.54, 1.807) is 0 Å². The molecule has 1 aliphatic rings. The van der Waals surface area contributed by atoms with Gasteiger partial charge in [-0.25, -0.2) is 0 Å². The largest absolute Gasteiger partial charge is 0.388 e. The molecule has 0 radical (unpaired) electrons. The molecule has 1 unspecified atom stereocenters. The van der Waals surface area contributed by atoms with Crippen molar-refractivity contribution in [3.63, 3.8) is 0 Å². The van der Waals surface area contributed by atoms with Crippen molar-refractivity contribution in [1.29, 1.82) is 0 Å². The summed E-state index contributed by atoms with van der Waals surface area (Å²) in [5, 5.41) is 10.4. The van der Waals surface area contributed by atoms with Crippen molar-refractivity contribution >= 4 is 5.69 Å². The molecule has 19 heavy (non-hydrogen) atoms. The Balaban J connectivity index is 2.01.